The van der Waals surface area contributed by atoms with Gasteiger partial charge < -0.3 is 0 Å². The molecule has 0 spiro atoms. The Balaban J connectivity index is 0.00000140. The van der Waals surface area contributed by atoms with E-state index < -0.39 is 16.9 Å². The fourth-order valence-electron chi connectivity index (χ4n) is 4.07. The molecule has 1 fully saturated rings. The molecule has 2 aliphatic carbocycles. The quantitative estimate of drug-likeness (QED) is 0.316. The molecule has 148 valence electrons. The van der Waals surface area contributed by atoms with Crippen LogP contribution in [0.3, 0.4) is 0 Å². The minimum atomic E-state index is -1.53. The summed E-state index contributed by atoms with van der Waals surface area (Å²) in [5, 5.41) is 0. The predicted octanol–water partition coefficient (Wildman–Crippen LogP) is 7.49. The van der Waals surface area contributed by atoms with Gasteiger partial charge in [-0.3, -0.25) is 0 Å². The van der Waals surface area contributed by atoms with Crippen molar-refractivity contribution >= 4 is 35.2 Å². The molecule has 2 aromatic carbocycles. The summed E-state index contributed by atoms with van der Waals surface area (Å²) in [6, 6.07) is 22.5. The summed E-state index contributed by atoms with van der Waals surface area (Å²) in [5.74, 6) is 0. The molecule has 0 nitrogen and oxygen atoms in total. The summed E-state index contributed by atoms with van der Waals surface area (Å²) in [4.78, 5) is 0. The van der Waals surface area contributed by atoms with E-state index >= 15 is 0 Å². The second kappa shape index (κ2) is 12.3. The van der Waals surface area contributed by atoms with Gasteiger partial charge in [-0.2, -0.15) is 0 Å². The fourth-order valence-corrected chi connectivity index (χ4v) is 15.1. The van der Waals surface area contributed by atoms with Crippen LogP contribution in [0.2, 0.25) is 0 Å². The van der Waals surface area contributed by atoms with Gasteiger partial charge in [0, 0.05) is 0 Å². The standard InChI is InChI=1S/C13H10.C6H12P.C5H5.2ClH.Ti/c1-3-7-12(8-4-1)11-13-9-5-2-6-10-13;7-6-4-2-1-3-5-6;1-2-4-5-3-1;;;/h1-10H;6-7H,1-5H2;1-3H,4H2;2*1H;/q;-1;;;;+1. The number of halogens is 2. The fraction of sp³-hybridized carbons (Fsp3) is 0.292. The van der Waals surface area contributed by atoms with Crippen LogP contribution in [0.15, 0.2) is 82.8 Å². The van der Waals surface area contributed by atoms with Crippen LogP contribution in [0.5, 0.6) is 0 Å². The van der Waals surface area contributed by atoms with E-state index in [2.05, 4.69) is 78.9 Å². The Hall–Kier alpha value is -0.486. The number of benzene rings is 2. The molecule has 0 N–H and O–H groups in total. The Bertz CT molecular complexity index is 781. The third-order valence-corrected chi connectivity index (χ3v) is 15.6. The molecule has 0 radical (unpaired) electrons. The van der Waals surface area contributed by atoms with Gasteiger partial charge in [-0.05, 0) is 0 Å². The van der Waals surface area contributed by atoms with Gasteiger partial charge in [0.2, 0.25) is 0 Å². The van der Waals surface area contributed by atoms with E-state index in [1.54, 1.807) is 7.69 Å². The number of hydrogen-bond donors (Lipinski definition) is 0. The summed E-state index contributed by atoms with van der Waals surface area (Å²) >= 11 is -1.53. The molecule has 4 rings (SSSR count). The Morgan fingerprint density at radius 1 is 0.786 bits per heavy atom. The van der Waals surface area contributed by atoms with Crippen molar-refractivity contribution in [1.29, 1.82) is 0 Å². The van der Waals surface area contributed by atoms with Crippen LogP contribution >= 0.6 is 31.4 Å². The smallest absolute Gasteiger partial charge is 0.147 e. The van der Waals surface area contributed by atoms with Crippen LogP contribution < -0.4 is 0 Å². The van der Waals surface area contributed by atoms with Gasteiger partial charge in [-0.15, -0.1) is 24.8 Å². The zero-order valence-electron chi connectivity index (χ0n) is 16.1. The maximum absolute atomic E-state index is 2.46. The summed E-state index contributed by atoms with van der Waals surface area (Å²) in [5.41, 5.74) is 3.90. The molecule has 28 heavy (non-hydrogen) atoms. The van der Waals surface area contributed by atoms with E-state index in [1.165, 1.54) is 49.7 Å². The van der Waals surface area contributed by atoms with Gasteiger partial charge in [0.25, 0.3) is 0 Å². The van der Waals surface area contributed by atoms with Crippen LogP contribution in [0.4, 0.5) is 0 Å². The third kappa shape index (κ3) is 6.01. The van der Waals surface area contributed by atoms with Crippen LogP contribution in [-0.2, 0) is 16.9 Å². The summed E-state index contributed by atoms with van der Waals surface area (Å²) < 4.78 is 3.47. The van der Waals surface area contributed by atoms with Gasteiger partial charge in [-0.1, -0.05) is 0 Å². The molecule has 0 amide bonds. The monoisotopic (exact) mass is 466 g/mol. The molecule has 1 unspecified atom stereocenters. The SMILES string of the molecule is C1=CC[C]([Ti]([PH]C2CCCCC2)=[C](c2ccccc2)c2ccccc2)=C1.Cl.Cl. The second-order valence-corrected chi connectivity index (χ2v) is 14.8. The molecule has 0 aromatic heterocycles. The minimum Gasteiger partial charge on any atom is -0.147 e. The van der Waals surface area contributed by atoms with Crippen LogP contribution in [-0.4, -0.2) is 9.47 Å². The van der Waals surface area contributed by atoms with Crippen molar-refractivity contribution in [2.45, 2.75) is 44.2 Å². The molecule has 4 heteroatoms. The predicted molar refractivity (Wildman–Crippen MR) is 128 cm³/mol. The first-order valence-electron chi connectivity index (χ1n) is 9.89. The molecular formula is C24H29Cl2PTi. The zero-order chi connectivity index (χ0) is 17.6. The van der Waals surface area contributed by atoms with Crippen molar-refractivity contribution in [2.75, 3.05) is 0 Å². The number of rotatable bonds is 5. The van der Waals surface area contributed by atoms with Crippen molar-refractivity contribution in [2.24, 2.45) is 0 Å². The Labute approximate surface area is 189 Å². The molecule has 1 atom stereocenters. The molecule has 0 saturated heterocycles. The van der Waals surface area contributed by atoms with Crippen molar-refractivity contribution in [3.8, 4) is 0 Å². The topological polar surface area (TPSA) is 0 Å². The van der Waals surface area contributed by atoms with Gasteiger partial charge in [0.05, 0.1) is 0 Å². The average Bonchev–Trinajstić information content (AvgIpc) is 3.25. The van der Waals surface area contributed by atoms with E-state index in [0.717, 1.165) is 12.2 Å². The Morgan fingerprint density at radius 3 is 1.86 bits per heavy atom. The maximum Gasteiger partial charge on any atom is -0.147 e. The molecule has 2 aliphatic rings. The van der Waals surface area contributed by atoms with Gasteiger partial charge >= 0.3 is 165 Å². The first-order valence-corrected chi connectivity index (χ1v) is 14.9. The average molecular weight is 467 g/mol. The Morgan fingerprint density at radius 2 is 1.36 bits per heavy atom. The molecule has 2 aromatic rings. The van der Waals surface area contributed by atoms with E-state index in [1.807, 2.05) is 0 Å². The summed E-state index contributed by atoms with van der Waals surface area (Å²) in [6.07, 6.45) is 15.6. The third-order valence-electron chi connectivity index (χ3n) is 5.42. The number of hydrogen-bond acceptors (Lipinski definition) is 0. The normalized spacial score (nSPS) is 16.4. The van der Waals surface area contributed by atoms with E-state index in [0.29, 0.717) is 0 Å². The zero-order valence-corrected chi connectivity index (χ0v) is 20.3. The van der Waals surface area contributed by atoms with E-state index in [9.17, 15) is 0 Å². The number of allylic oxidation sites excluding steroid dienone is 4. The first-order chi connectivity index (χ1) is 12.9. The van der Waals surface area contributed by atoms with Crippen LogP contribution in [0.1, 0.15) is 49.7 Å². The second-order valence-electron chi connectivity index (χ2n) is 7.29. The molecular weight excluding hydrogens is 438 g/mol. The van der Waals surface area contributed by atoms with Crippen molar-refractivity contribution < 1.29 is 16.9 Å². The summed E-state index contributed by atoms with van der Waals surface area (Å²) in [7, 11) is 0. The van der Waals surface area contributed by atoms with Crippen LogP contribution in [0, 0.1) is 0 Å². The summed E-state index contributed by atoms with van der Waals surface area (Å²) in [6.45, 7) is 1.16. The molecule has 0 bridgehead atoms. The van der Waals surface area contributed by atoms with Crippen molar-refractivity contribution in [3.05, 3.63) is 93.9 Å². The Kier molecular flexibility index (Phi) is 10.4. The van der Waals surface area contributed by atoms with Crippen molar-refractivity contribution in [1.82, 2.24) is 0 Å². The van der Waals surface area contributed by atoms with Crippen molar-refractivity contribution in [3.63, 3.8) is 0 Å². The first kappa shape index (κ1) is 23.8. The largest absolute Gasteiger partial charge is 0.147 e. The van der Waals surface area contributed by atoms with Gasteiger partial charge in [-0.25, -0.2) is 0 Å². The molecule has 1 saturated carbocycles. The van der Waals surface area contributed by atoms with E-state index in [-0.39, 0.29) is 24.8 Å². The van der Waals surface area contributed by atoms with E-state index in [4.69, 9.17) is 0 Å². The minimum absolute atomic E-state index is 0. The van der Waals surface area contributed by atoms with Gasteiger partial charge in [0.1, 0.15) is 0 Å². The maximum atomic E-state index is 2.46. The van der Waals surface area contributed by atoms with Crippen LogP contribution in [0.25, 0.3) is 0 Å². The van der Waals surface area contributed by atoms with Gasteiger partial charge in [0.15, 0.2) is 0 Å². The molecule has 0 aliphatic heterocycles. The molecule has 0 heterocycles.